The van der Waals surface area contributed by atoms with Gasteiger partial charge in [0.25, 0.3) is 0 Å². The van der Waals surface area contributed by atoms with Crippen molar-refractivity contribution >= 4 is 0 Å². The first-order chi connectivity index (χ1) is 12.2. The van der Waals surface area contributed by atoms with Crippen LogP contribution in [-0.2, 0) is 0 Å². The molecule has 0 saturated carbocycles. The fourth-order valence-corrected chi connectivity index (χ4v) is 1.66. The largest absolute Gasteiger partial charge is 0.0805 e. The van der Waals surface area contributed by atoms with Crippen LogP contribution in [0.3, 0.4) is 0 Å². The molecule has 142 valence electrons. The van der Waals surface area contributed by atoms with Crippen molar-refractivity contribution in [3.05, 3.63) is 83.5 Å². The highest BCUT2D eigenvalue weighted by molar-refractivity contribution is 5.23. The Labute approximate surface area is 159 Å². The molecule has 2 aliphatic rings. The fraction of sp³-hybridized carbons (Fsp3) is 0.440. The predicted molar refractivity (Wildman–Crippen MR) is 120 cm³/mol. The van der Waals surface area contributed by atoms with E-state index in [9.17, 15) is 0 Å². The quantitative estimate of drug-likeness (QED) is 0.441. The van der Waals surface area contributed by atoms with Gasteiger partial charge in [0.15, 0.2) is 0 Å². The van der Waals surface area contributed by atoms with Gasteiger partial charge < -0.3 is 0 Å². The first-order valence-electron chi connectivity index (χ1n) is 9.86. The van der Waals surface area contributed by atoms with E-state index in [1.54, 1.807) is 0 Å². The van der Waals surface area contributed by atoms with E-state index in [0.29, 0.717) is 0 Å². The lowest BCUT2D eigenvalue weighted by Crippen LogP contribution is -1.62. The van der Waals surface area contributed by atoms with Gasteiger partial charge in [0.05, 0.1) is 0 Å². The molecule has 0 saturated heterocycles. The van der Waals surface area contributed by atoms with Gasteiger partial charge in [0.2, 0.25) is 0 Å². The molecule has 0 amide bonds. The van der Waals surface area contributed by atoms with E-state index < -0.39 is 0 Å². The highest BCUT2D eigenvalue weighted by Gasteiger charge is 1.86. The molecule has 2 aliphatic carbocycles. The molecule has 3 rings (SSSR count). The summed E-state index contributed by atoms with van der Waals surface area (Å²) in [7, 11) is 0. The van der Waals surface area contributed by atoms with Crippen molar-refractivity contribution in [3.63, 3.8) is 0 Å². The summed E-state index contributed by atoms with van der Waals surface area (Å²) in [6.07, 6.45) is 15.2. The van der Waals surface area contributed by atoms with Crippen molar-refractivity contribution in [1.82, 2.24) is 0 Å². The van der Waals surface area contributed by atoms with Gasteiger partial charge in [-0.1, -0.05) is 125 Å². The van der Waals surface area contributed by atoms with E-state index in [-0.39, 0.29) is 0 Å². The van der Waals surface area contributed by atoms with Gasteiger partial charge in [-0.2, -0.15) is 0 Å². The molecule has 0 spiro atoms. The standard InChI is InChI=1S/C7H8.2C6H8.3C2H6/c1-7-5-3-2-4-6-7;2*1-6-4-2-3-5-6;3*1-2/h2-6H,1H3;2,4-5H,3H2,1H3;2-4H,5H2,1H3;3*1-2H3. The second kappa shape index (κ2) is 24.4. The summed E-state index contributed by atoms with van der Waals surface area (Å²) in [5.41, 5.74) is 4.19. The molecule has 0 N–H and O–H groups in total. The Bertz CT molecular complexity index is 467. The minimum Gasteiger partial charge on any atom is -0.0805 e. The summed E-state index contributed by atoms with van der Waals surface area (Å²) in [5, 5.41) is 0. The minimum absolute atomic E-state index is 1.14. The minimum atomic E-state index is 1.14. The van der Waals surface area contributed by atoms with Crippen LogP contribution in [0.5, 0.6) is 0 Å². The van der Waals surface area contributed by atoms with Crippen molar-refractivity contribution in [2.75, 3.05) is 0 Å². The molecular weight excluding hydrogens is 300 g/mol. The lowest BCUT2D eigenvalue weighted by molar-refractivity contribution is 1.25. The van der Waals surface area contributed by atoms with Crippen molar-refractivity contribution < 1.29 is 0 Å². The summed E-state index contributed by atoms with van der Waals surface area (Å²) in [4.78, 5) is 0. The topological polar surface area (TPSA) is 0 Å². The maximum absolute atomic E-state index is 2.21. The number of benzene rings is 1. The second-order valence-corrected chi connectivity index (χ2v) is 4.89. The first kappa shape index (κ1) is 28.0. The van der Waals surface area contributed by atoms with Crippen LogP contribution in [-0.4, -0.2) is 0 Å². The number of hydrogen-bond donors (Lipinski definition) is 0. The third-order valence-electron chi connectivity index (χ3n) is 2.85. The molecule has 0 heteroatoms. The average Bonchev–Trinajstić information content (AvgIpc) is 3.35. The lowest BCUT2D eigenvalue weighted by Gasteiger charge is -1.82. The predicted octanol–water partition coefficient (Wildman–Crippen LogP) is 8.86. The van der Waals surface area contributed by atoms with Crippen LogP contribution >= 0.6 is 0 Å². The van der Waals surface area contributed by atoms with Crippen LogP contribution in [0.25, 0.3) is 0 Å². The van der Waals surface area contributed by atoms with E-state index in [1.165, 1.54) is 23.1 Å². The lowest BCUT2D eigenvalue weighted by atomic mass is 10.2. The number of rotatable bonds is 0. The third kappa shape index (κ3) is 22.2. The zero-order valence-corrected chi connectivity index (χ0v) is 18.3. The van der Waals surface area contributed by atoms with E-state index >= 15 is 0 Å². The van der Waals surface area contributed by atoms with Gasteiger partial charge in [-0.05, 0) is 33.6 Å². The molecule has 1 aromatic rings. The molecule has 0 heterocycles. The Morgan fingerprint density at radius 2 is 1.28 bits per heavy atom. The molecule has 1 aromatic carbocycles. The summed E-state index contributed by atoms with van der Waals surface area (Å²) >= 11 is 0. The van der Waals surface area contributed by atoms with Gasteiger partial charge in [-0.3, -0.25) is 0 Å². The SMILES string of the molecule is CC.CC.CC.CC1=CC=CC1.CC1=CCC=C1.Cc1ccccc1. The fourth-order valence-electron chi connectivity index (χ4n) is 1.66. The molecular formula is C25H42. The highest BCUT2D eigenvalue weighted by atomic mass is 13.9. The van der Waals surface area contributed by atoms with Gasteiger partial charge in [0.1, 0.15) is 0 Å². The zero-order chi connectivity index (χ0) is 19.9. The Hall–Kier alpha value is -1.82. The molecule has 25 heavy (non-hydrogen) atoms. The van der Waals surface area contributed by atoms with Crippen LogP contribution < -0.4 is 0 Å². The van der Waals surface area contributed by atoms with E-state index in [0.717, 1.165) is 6.42 Å². The third-order valence-corrected chi connectivity index (χ3v) is 2.85. The van der Waals surface area contributed by atoms with Gasteiger partial charge in [0, 0.05) is 0 Å². The highest BCUT2D eigenvalue weighted by Crippen LogP contribution is 2.06. The zero-order valence-electron chi connectivity index (χ0n) is 18.3. The maximum atomic E-state index is 2.21. The summed E-state index contributed by atoms with van der Waals surface area (Å²) in [6, 6.07) is 10.3. The Morgan fingerprint density at radius 3 is 1.44 bits per heavy atom. The monoisotopic (exact) mass is 342 g/mol. The maximum Gasteiger partial charge on any atom is -0.0135 e. The van der Waals surface area contributed by atoms with Crippen LogP contribution in [0.2, 0.25) is 0 Å². The molecule has 0 aliphatic heterocycles. The van der Waals surface area contributed by atoms with Crippen LogP contribution in [0.1, 0.15) is 73.8 Å². The number of aryl methyl sites for hydroxylation is 1. The summed E-state index contributed by atoms with van der Waals surface area (Å²) in [5.74, 6) is 0. The molecule has 0 radical (unpaired) electrons. The van der Waals surface area contributed by atoms with Crippen molar-refractivity contribution in [1.29, 1.82) is 0 Å². The summed E-state index contributed by atoms with van der Waals surface area (Å²) < 4.78 is 0. The van der Waals surface area contributed by atoms with E-state index in [4.69, 9.17) is 0 Å². The Kier molecular flexibility index (Phi) is 27.4. The average molecular weight is 343 g/mol. The number of hydrogen-bond acceptors (Lipinski definition) is 0. The van der Waals surface area contributed by atoms with E-state index in [2.05, 4.69) is 69.4 Å². The smallest absolute Gasteiger partial charge is 0.0135 e. The van der Waals surface area contributed by atoms with Crippen LogP contribution in [0, 0.1) is 6.92 Å². The normalized spacial score (nSPS) is 12.0. The van der Waals surface area contributed by atoms with Crippen molar-refractivity contribution in [2.24, 2.45) is 0 Å². The van der Waals surface area contributed by atoms with E-state index in [1.807, 2.05) is 59.7 Å². The molecule has 0 nitrogen and oxygen atoms in total. The van der Waals surface area contributed by atoms with Gasteiger partial charge >= 0.3 is 0 Å². The van der Waals surface area contributed by atoms with Crippen LogP contribution in [0.15, 0.2) is 77.9 Å². The summed E-state index contributed by atoms with van der Waals surface area (Å²) in [6.45, 7) is 18.3. The second-order valence-electron chi connectivity index (χ2n) is 4.89. The molecule has 0 unspecified atom stereocenters. The molecule has 0 bridgehead atoms. The van der Waals surface area contributed by atoms with Gasteiger partial charge in [-0.25, -0.2) is 0 Å². The Balaban J connectivity index is -0.000000253. The van der Waals surface area contributed by atoms with Crippen LogP contribution in [0.4, 0.5) is 0 Å². The van der Waals surface area contributed by atoms with Crippen molar-refractivity contribution in [3.8, 4) is 0 Å². The Morgan fingerprint density at radius 1 is 0.720 bits per heavy atom. The molecule has 0 aromatic heterocycles. The van der Waals surface area contributed by atoms with Crippen molar-refractivity contribution in [2.45, 2.75) is 75.2 Å². The molecule has 0 atom stereocenters. The van der Waals surface area contributed by atoms with Gasteiger partial charge in [-0.15, -0.1) is 0 Å². The number of allylic oxidation sites excluding steroid dienone is 8. The molecule has 0 fully saturated rings. The first-order valence-corrected chi connectivity index (χ1v) is 9.86.